The minimum absolute atomic E-state index is 0.0834. The summed E-state index contributed by atoms with van der Waals surface area (Å²) in [5.74, 6) is -0.379. The van der Waals surface area contributed by atoms with E-state index in [0.717, 1.165) is 16.6 Å². The highest BCUT2D eigenvalue weighted by Gasteiger charge is 2.30. The fourth-order valence-corrected chi connectivity index (χ4v) is 3.77. The first kappa shape index (κ1) is 18.6. The van der Waals surface area contributed by atoms with Gasteiger partial charge in [-0.3, -0.25) is 4.79 Å². The summed E-state index contributed by atoms with van der Waals surface area (Å²) in [7, 11) is 0. The van der Waals surface area contributed by atoms with E-state index in [1.165, 1.54) is 12.1 Å². The molecule has 1 unspecified atom stereocenters. The van der Waals surface area contributed by atoms with Crippen LogP contribution >= 0.6 is 0 Å². The van der Waals surface area contributed by atoms with E-state index in [4.69, 9.17) is 0 Å². The van der Waals surface area contributed by atoms with Gasteiger partial charge in [-0.2, -0.15) is 5.10 Å². The van der Waals surface area contributed by atoms with Gasteiger partial charge in [-0.05, 0) is 44.5 Å². The van der Waals surface area contributed by atoms with Gasteiger partial charge in [0.1, 0.15) is 5.82 Å². The molecule has 0 bridgehead atoms. The smallest absolute Gasteiger partial charge is 0.256 e. The summed E-state index contributed by atoms with van der Waals surface area (Å²) < 4.78 is 15.6. The molecule has 2 aromatic heterocycles. The SMILES string of the molecule is Cc1nc2c(cnn2C(C)C)cc1C(=O)N1CCNCC1c1cccc(F)c1. The molecule has 4 rings (SSSR count). The Kier molecular flexibility index (Phi) is 4.85. The number of amides is 1. The number of aromatic nitrogens is 3. The summed E-state index contributed by atoms with van der Waals surface area (Å²) in [6.45, 7) is 7.80. The largest absolute Gasteiger partial charge is 0.329 e. The molecule has 0 saturated carbocycles. The molecule has 3 heterocycles. The minimum atomic E-state index is -0.296. The normalized spacial score (nSPS) is 17.5. The summed E-state index contributed by atoms with van der Waals surface area (Å²) in [5.41, 5.74) is 2.82. The molecule has 1 aliphatic rings. The maximum atomic E-state index is 13.7. The zero-order chi connectivity index (χ0) is 19.8. The number of aryl methyl sites for hydroxylation is 1. The predicted molar refractivity (Wildman–Crippen MR) is 106 cm³/mol. The van der Waals surface area contributed by atoms with E-state index in [1.807, 2.05) is 42.5 Å². The van der Waals surface area contributed by atoms with Gasteiger partial charge in [-0.15, -0.1) is 0 Å². The van der Waals surface area contributed by atoms with Gasteiger partial charge in [0.15, 0.2) is 5.65 Å². The molecule has 1 aromatic carbocycles. The Hall–Kier alpha value is -2.80. The van der Waals surface area contributed by atoms with Crippen LogP contribution in [0.1, 0.15) is 47.5 Å². The zero-order valence-corrected chi connectivity index (χ0v) is 16.3. The summed E-state index contributed by atoms with van der Waals surface area (Å²) >= 11 is 0. The highest BCUT2D eigenvalue weighted by Crippen LogP contribution is 2.27. The highest BCUT2D eigenvalue weighted by atomic mass is 19.1. The van der Waals surface area contributed by atoms with Crippen LogP contribution in [0.2, 0.25) is 0 Å². The van der Waals surface area contributed by atoms with Crippen molar-refractivity contribution in [2.45, 2.75) is 32.9 Å². The third kappa shape index (κ3) is 3.26. The number of hydrogen-bond acceptors (Lipinski definition) is 4. The molecular weight excluding hydrogens is 357 g/mol. The number of benzene rings is 1. The van der Waals surface area contributed by atoms with E-state index in [1.54, 1.807) is 12.3 Å². The van der Waals surface area contributed by atoms with Crippen LogP contribution in [-0.2, 0) is 0 Å². The van der Waals surface area contributed by atoms with Gasteiger partial charge in [0.2, 0.25) is 0 Å². The van der Waals surface area contributed by atoms with Crippen molar-refractivity contribution in [3.63, 3.8) is 0 Å². The van der Waals surface area contributed by atoms with Crippen LogP contribution < -0.4 is 5.32 Å². The fourth-order valence-electron chi connectivity index (χ4n) is 3.77. The van der Waals surface area contributed by atoms with Crippen molar-refractivity contribution >= 4 is 16.9 Å². The monoisotopic (exact) mass is 381 g/mol. The quantitative estimate of drug-likeness (QED) is 0.757. The Morgan fingerprint density at radius 3 is 2.89 bits per heavy atom. The molecule has 1 fully saturated rings. The van der Waals surface area contributed by atoms with Crippen LogP contribution in [0.15, 0.2) is 36.5 Å². The third-order valence-electron chi connectivity index (χ3n) is 5.22. The van der Waals surface area contributed by atoms with Crippen LogP contribution in [0.5, 0.6) is 0 Å². The van der Waals surface area contributed by atoms with Crippen LogP contribution in [0.3, 0.4) is 0 Å². The fraction of sp³-hybridized carbons (Fsp3) is 0.381. The molecule has 6 nitrogen and oxygen atoms in total. The molecule has 0 radical (unpaired) electrons. The van der Waals surface area contributed by atoms with Gasteiger partial charge in [0.25, 0.3) is 5.91 Å². The van der Waals surface area contributed by atoms with Crippen molar-refractivity contribution in [2.75, 3.05) is 19.6 Å². The zero-order valence-electron chi connectivity index (χ0n) is 16.3. The number of nitrogens with one attached hydrogen (secondary N) is 1. The standard InChI is InChI=1S/C21H24FN5O/c1-13(2)27-20-16(11-24-27)10-18(14(3)25-20)21(28)26-8-7-23-12-19(26)15-5-4-6-17(22)9-15/h4-6,9-11,13,19,23H,7-8,12H2,1-3H3. The molecule has 3 aromatic rings. The van der Waals surface area contributed by atoms with E-state index >= 15 is 0 Å². The lowest BCUT2D eigenvalue weighted by Crippen LogP contribution is -2.48. The van der Waals surface area contributed by atoms with E-state index in [0.29, 0.717) is 30.9 Å². The van der Waals surface area contributed by atoms with Gasteiger partial charge < -0.3 is 10.2 Å². The Labute approximate surface area is 163 Å². The summed E-state index contributed by atoms with van der Waals surface area (Å²) in [6, 6.07) is 8.31. The van der Waals surface area contributed by atoms with Crippen LogP contribution in [-0.4, -0.2) is 45.2 Å². The third-order valence-corrected chi connectivity index (χ3v) is 5.22. The number of nitrogens with zero attached hydrogens (tertiary/aromatic N) is 4. The molecule has 0 aliphatic carbocycles. The second-order valence-corrected chi connectivity index (χ2v) is 7.49. The molecule has 1 atom stereocenters. The average molecular weight is 381 g/mol. The lowest BCUT2D eigenvalue weighted by atomic mass is 10.0. The number of halogens is 1. The summed E-state index contributed by atoms with van der Waals surface area (Å²) in [4.78, 5) is 19.9. The van der Waals surface area contributed by atoms with Gasteiger partial charge in [-0.25, -0.2) is 14.1 Å². The minimum Gasteiger partial charge on any atom is -0.329 e. The van der Waals surface area contributed by atoms with Crippen LogP contribution in [0.25, 0.3) is 11.0 Å². The first-order valence-electron chi connectivity index (χ1n) is 9.57. The molecule has 0 spiro atoms. The number of pyridine rings is 1. The number of carbonyl (C=O) groups is 1. The van der Waals surface area contributed by atoms with Gasteiger partial charge >= 0.3 is 0 Å². The summed E-state index contributed by atoms with van der Waals surface area (Å²) in [5, 5.41) is 8.55. The molecule has 7 heteroatoms. The molecule has 28 heavy (non-hydrogen) atoms. The Bertz CT molecular complexity index is 1030. The highest BCUT2D eigenvalue weighted by molar-refractivity contribution is 5.98. The number of rotatable bonds is 3. The van der Waals surface area contributed by atoms with Gasteiger partial charge in [0, 0.05) is 31.1 Å². The Balaban J connectivity index is 1.72. The van der Waals surface area contributed by atoms with Crippen LogP contribution in [0, 0.1) is 12.7 Å². The van der Waals surface area contributed by atoms with Crippen molar-refractivity contribution < 1.29 is 9.18 Å². The van der Waals surface area contributed by atoms with Crippen molar-refractivity contribution in [1.29, 1.82) is 0 Å². The number of piperazine rings is 1. The van der Waals surface area contributed by atoms with Crippen molar-refractivity contribution in [2.24, 2.45) is 0 Å². The van der Waals surface area contributed by atoms with Crippen LogP contribution in [0.4, 0.5) is 4.39 Å². The molecule has 1 amide bonds. The van der Waals surface area contributed by atoms with E-state index in [-0.39, 0.29) is 23.8 Å². The Morgan fingerprint density at radius 1 is 1.32 bits per heavy atom. The maximum Gasteiger partial charge on any atom is 0.256 e. The lowest BCUT2D eigenvalue weighted by molar-refractivity contribution is 0.0633. The molecule has 1 aliphatic heterocycles. The molecular formula is C21H24FN5O. The molecule has 1 saturated heterocycles. The second kappa shape index (κ2) is 7.31. The van der Waals surface area contributed by atoms with Crippen molar-refractivity contribution in [3.8, 4) is 0 Å². The van der Waals surface area contributed by atoms with E-state index in [2.05, 4.69) is 15.4 Å². The van der Waals surface area contributed by atoms with Gasteiger partial charge in [0.05, 0.1) is 23.5 Å². The number of hydrogen-bond donors (Lipinski definition) is 1. The van der Waals surface area contributed by atoms with Crippen molar-refractivity contribution in [1.82, 2.24) is 25.0 Å². The predicted octanol–water partition coefficient (Wildman–Crippen LogP) is 3.25. The second-order valence-electron chi connectivity index (χ2n) is 7.49. The average Bonchev–Trinajstić information content (AvgIpc) is 3.10. The molecule has 146 valence electrons. The Morgan fingerprint density at radius 2 is 2.14 bits per heavy atom. The van der Waals surface area contributed by atoms with Gasteiger partial charge in [-0.1, -0.05) is 12.1 Å². The molecule has 1 N–H and O–H groups in total. The van der Waals surface area contributed by atoms with Crippen molar-refractivity contribution in [3.05, 3.63) is 59.2 Å². The maximum absolute atomic E-state index is 13.7. The summed E-state index contributed by atoms with van der Waals surface area (Å²) in [6.07, 6.45) is 1.75. The topological polar surface area (TPSA) is 63.1 Å². The van der Waals surface area contributed by atoms with E-state index in [9.17, 15) is 9.18 Å². The first-order valence-corrected chi connectivity index (χ1v) is 9.57. The number of carbonyl (C=O) groups excluding carboxylic acids is 1. The lowest BCUT2D eigenvalue weighted by Gasteiger charge is -2.36. The first-order chi connectivity index (χ1) is 13.5. The van der Waals surface area contributed by atoms with E-state index < -0.39 is 0 Å². The number of fused-ring (bicyclic) bond motifs is 1.